The molecule has 4 rings (SSSR count). The van der Waals surface area contributed by atoms with Gasteiger partial charge in [0.05, 0.1) is 17.6 Å². The van der Waals surface area contributed by atoms with E-state index >= 15 is 0 Å². The third-order valence-corrected chi connectivity index (χ3v) is 4.50. The lowest BCUT2D eigenvalue weighted by Gasteiger charge is -2.24. The Morgan fingerprint density at radius 3 is 2.88 bits per heavy atom. The normalized spacial score (nSPS) is 14.1. The molecule has 0 radical (unpaired) electrons. The first-order chi connectivity index (χ1) is 12.3. The number of carbonyl (C=O) groups is 1. The van der Waals surface area contributed by atoms with Gasteiger partial charge in [-0.2, -0.15) is 5.10 Å². The van der Waals surface area contributed by atoms with Crippen LogP contribution in [0.2, 0.25) is 0 Å². The number of carbonyl (C=O) groups excluding carboxylic acids is 1. The summed E-state index contributed by atoms with van der Waals surface area (Å²) in [5.41, 5.74) is 2.66. The van der Waals surface area contributed by atoms with Gasteiger partial charge in [-0.25, -0.2) is 4.98 Å². The molecule has 1 aliphatic carbocycles. The van der Waals surface area contributed by atoms with Crippen LogP contribution in [0.25, 0.3) is 11.3 Å². The molecule has 3 aromatic heterocycles. The molecule has 0 aliphatic heterocycles. The van der Waals surface area contributed by atoms with E-state index in [4.69, 9.17) is 0 Å². The van der Waals surface area contributed by atoms with Crippen molar-refractivity contribution in [3.63, 3.8) is 0 Å². The van der Waals surface area contributed by atoms with Crippen LogP contribution in [0.15, 0.2) is 55.1 Å². The number of aromatic nitrogens is 4. The summed E-state index contributed by atoms with van der Waals surface area (Å²) in [6.07, 6.45) is 10.9. The van der Waals surface area contributed by atoms with Gasteiger partial charge in [-0.1, -0.05) is 12.5 Å². The average molecular weight is 333 g/mol. The predicted octanol–water partition coefficient (Wildman–Crippen LogP) is 3.39. The first-order valence-electron chi connectivity index (χ1n) is 8.49. The Balaban J connectivity index is 1.46. The van der Waals surface area contributed by atoms with Crippen LogP contribution in [0.4, 0.5) is 5.69 Å². The summed E-state index contributed by atoms with van der Waals surface area (Å²) in [7, 11) is 0. The van der Waals surface area contributed by atoms with E-state index in [1.807, 2.05) is 35.1 Å². The molecular formula is C19H19N5O. The molecule has 126 valence electrons. The third kappa shape index (κ3) is 3.57. The molecule has 0 aromatic carbocycles. The highest BCUT2D eigenvalue weighted by Gasteiger charge is 2.18. The Labute approximate surface area is 145 Å². The van der Waals surface area contributed by atoms with Crippen molar-refractivity contribution in [3.05, 3.63) is 60.8 Å². The Kier molecular flexibility index (Phi) is 4.24. The van der Waals surface area contributed by atoms with E-state index in [2.05, 4.69) is 20.4 Å². The fourth-order valence-electron chi connectivity index (χ4n) is 2.90. The lowest BCUT2D eigenvalue weighted by molar-refractivity contribution is 0.102. The smallest absolute Gasteiger partial charge is 0.274 e. The maximum atomic E-state index is 12.5. The summed E-state index contributed by atoms with van der Waals surface area (Å²) in [5, 5.41) is 7.19. The highest BCUT2D eigenvalue weighted by atomic mass is 16.1. The molecular weight excluding hydrogens is 314 g/mol. The van der Waals surface area contributed by atoms with Crippen LogP contribution in [0, 0.1) is 5.92 Å². The van der Waals surface area contributed by atoms with Crippen molar-refractivity contribution in [2.24, 2.45) is 5.92 Å². The number of amides is 1. The van der Waals surface area contributed by atoms with Crippen molar-refractivity contribution >= 4 is 11.6 Å². The third-order valence-electron chi connectivity index (χ3n) is 4.50. The number of nitrogens with one attached hydrogen (secondary N) is 1. The monoisotopic (exact) mass is 333 g/mol. The molecule has 25 heavy (non-hydrogen) atoms. The second kappa shape index (κ2) is 6.84. The summed E-state index contributed by atoms with van der Waals surface area (Å²) in [6.45, 7) is 0.921. The Morgan fingerprint density at radius 2 is 2.12 bits per heavy atom. The SMILES string of the molecule is O=C(Nc1cnn(CC2CCC2)c1)c1cccc(-c2cccnc2)n1. The standard InChI is InChI=1S/C19H19N5O/c25-19(22-16-11-21-24(13-16)12-14-4-1-5-14)18-8-2-7-17(23-18)15-6-3-9-20-10-15/h2-3,6-11,13-14H,1,4-5,12H2,(H,22,25). The van der Waals surface area contributed by atoms with Gasteiger partial charge in [0.25, 0.3) is 5.91 Å². The number of hydrogen-bond donors (Lipinski definition) is 1. The van der Waals surface area contributed by atoms with E-state index in [0.717, 1.165) is 23.7 Å². The van der Waals surface area contributed by atoms with E-state index in [1.54, 1.807) is 24.7 Å². The zero-order chi connectivity index (χ0) is 17.1. The molecule has 0 atom stereocenters. The number of pyridine rings is 2. The van der Waals surface area contributed by atoms with Crippen LogP contribution < -0.4 is 5.32 Å². The van der Waals surface area contributed by atoms with Crippen molar-refractivity contribution in [2.45, 2.75) is 25.8 Å². The van der Waals surface area contributed by atoms with Crippen LogP contribution in [-0.4, -0.2) is 25.7 Å². The van der Waals surface area contributed by atoms with E-state index in [1.165, 1.54) is 19.3 Å². The molecule has 1 N–H and O–H groups in total. The van der Waals surface area contributed by atoms with Crippen molar-refractivity contribution in [1.82, 2.24) is 19.7 Å². The van der Waals surface area contributed by atoms with Gasteiger partial charge < -0.3 is 5.32 Å². The second-order valence-electron chi connectivity index (χ2n) is 6.35. The second-order valence-corrected chi connectivity index (χ2v) is 6.35. The number of hydrogen-bond acceptors (Lipinski definition) is 4. The van der Waals surface area contributed by atoms with Crippen molar-refractivity contribution in [3.8, 4) is 11.3 Å². The summed E-state index contributed by atoms with van der Waals surface area (Å²) >= 11 is 0. The molecule has 1 fully saturated rings. The Morgan fingerprint density at radius 1 is 1.20 bits per heavy atom. The average Bonchev–Trinajstić information content (AvgIpc) is 3.06. The molecule has 3 heterocycles. The molecule has 6 heteroatoms. The minimum absolute atomic E-state index is 0.242. The van der Waals surface area contributed by atoms with E-state index in [-0.39, 0.29) is 5.91 Å². The first kappa shape index (κ1) is 15.5. The van der Waals surface area contributed by atoms with Crippen molar-refractivity contribution < 1.29 is 4.79 Å². The Bertz CT molecular complexity index is 870. The van der Waals surface area contributed by atoms with E-state index < -0.39 is 0 Å². The van der Waals surface area contributed by atoms with Gasteiger partial charge in [0.2, 0.25) is 0 Å². The van der Waals surface area contributed by atoms with Gasteiger partial charge in [0, 0.05) is 30.7 Å². The van der Waals surface area contributed by atoms with Gasteiger partial charge in [-0.3, -0.25) is 14.5 Å². The molecule has 0 spiro atoms. The van der Waals surface area contributed by atoms with Gasteiger partial charge >= 0.3 is 0 Å². The van der Waals surface area contributed by atoms with Crippen LogP contribution in [0.1, 0.15) is 29.8 Å². The van der Waals surface area contributed by atoms with Crippen LogP contribution >= 0.6 is 0 Å². The van der Waals surface area contributed by atoms with Gasteiger partial charge in [0.1, 0.15) is 5.69 Å². The van der Waals surface area contributed by atoms with Crippen LogP contribution in [-0.2, 0) is 6.54 Å². The number of rotatable bonds is 5. The zero-order valence-corrected chi connectivity index (χ0v) is 13.8. The minimum atomic E-state index is -0.242. The lowest BCUT2D eigenvalue weighted by atomic mass is 9.85. The summed E-state index contributed by atoms with van der Waals surface area (Å²) in [5.74, 6) is 0.482. The topological polar surface area (TPSA) is 72.7 Å². The van der Waals surface area contributed by atoms with E-state index in [9.17, 15) is 4.79 Å². The maximum Gasteiger partial charge on any atom is 0.274 e. The highest BCUT2D eigenvalue weighted by Crippen LogP contribution is 2.27. The Hall–Kier alpha value is -3.02. The summed E-state index contributed by atoms with van der Waals surface area (Å²) in [4.78, 5) is 21.0. The summed E-state index contributed by atoms with van der Waals surface area (Å²) in [6, 6.07) is 9.16. The van der Waals surface area contributed by atoms with Gasteiger partial charge in [-0.05, 0) is 43.0 Å². The molecule has 1 saturated carbocycles. The molecule has 3 aromatic rings. The quantitative estimate of drug-likeness (QED) is 0.777. The molecule has 6 nitrogen and oxygen atoms in total. The fourth-order valence-corrected chi connectivity index (χ4v) is 2.90. The molecule has 1 amide bonds. The van der Waals surface area contributed by atoms with Crippen molar-refractivity contribution in [2.75, 3.05) is 5.32 Å². The molecule has 0 bridgehead atoms. The molecule has 1 aliphatic rings. The van der Waals surface area contributed by atoms with E-state index in [0.29, 0.717) is 11.4 Å². The highest BCUT2D eigenvalue weighted by molar-refractivity contribution is 6.03. The first-order valence-corrected chi connectivity index (χ1v) is 8.49. The van der Waals surface area contributed by atoms with Gasteiger partial charge in [0.15, 0.2) is 0 Å². The van der Waals surface area contributed by atoms with Crippen molar-refractivity contribution in [1.29, 1.82) is 0 Å². The lowest BCUT2D eigenvalue weighted by Crippen LogP contribution is -2.18. The minimum Gasteiger partial charge on any atom is -0.318 e. The number of nitrogens with zero attached hydrogens (tertiary/aromatic N) is 4. The van der Waals surface area contributed by atoms with Gasteiger partial charge in [-0.15, -0.1) is 0 Å². The maximum absolute atomic E-state index is 12.5. The van der Waals surface area contributed by atoms with Crippen LogP contribution in [0.5, 0.6) is 0 Å². The number of anilines is 1. The largest absolute Gasteiger partial charge is 0.318 e. The zero-order valence-electron chi connectivity index (χ0n) is 13.8. The molecule has 0 saturated heterocycles. The predicted molar refractivity (Wildman–Crippen MR) is 95.0 cm³/mol. The molecule has 0 unspecified atom stereocenters. The van der Waals surface area contributed by atoms with Crippen LogP contribution in [0.3, 0.4) is 0 Å². The summed E-state index contributed by atoms with van der Waals surface area (Å²) < 4.78 is 1.90. The fraction of sp³-hybridized carbons (Fsp3) is 0.263.